The van der Waals surface area contributed by atoms with Crippen molar-refractivity contribution < 1.29 is 0 Å². The first kappa shape index (κ1) is 51.8. The molecule has 16 aromatic rings. The van der Waals surface area contributed by atoms with Crippen molar-refractivity contribution in [1.82, 2.24) is 39.9 Å². The number of benzene rings is 8. The zero-order valence-corrected chi connectivity index (χ0v) is 48.6. The predicted octanol–water partition coefficient (Wildman–Crippen LogP) is 19.5. The first-order chi connectivity index (χ1) is 43.4. The van der Waals surface area contributed by atoms with Crippen LogP contribution in [-0.4, -0.2) is 39.9 Å². The second-order valence-electron chi connectivity index (χ2n) is 22.2. The highest BCUT2D eigenvalue weighted by molar-refractivity contribution is 6.33. The normalized spacial score (nSPS) is 11.6. The van der Waals surface area contributed by atoms with Crippen molar-refractivity contribution >= 4 is 145 Å². The van der Waals surface area contributed by atoms with Crippen LogP contribution in [0.5, 0.6) is 0 Å². The molecule has 0 radical (unpaired) electrons. The minimum Gasteiger partial charge on any atom is -0.308 e. The largest absolute Gasteiger partial charge is 0.308 e. The Morgan fingerprint density at radius 2 is 0.443 bits per heavy atom. The van der Waals surface area contributed by atoms with E-state index in [4.69, 9.17) is 39.9 Å². The van der Waals surface area contributed by atoms with Crippen molar-refractivity contribution in [2.75, 3.05) is 19.6 Å². The van der Waals surface area contributed by atoms with E-state index in [-0.39, 0.29) is 0 Å². The van der Waals surface area contributed by atoms with E-state index in [9.17, 15) is 0 Å². The molecule has 0 amide bonds. The molecule has 12 heteroatoms. The van der Waals surface area contributed by atoms with Crippen LogP contribution in [0, 0.1) is 27.7 Å². The van der Waals surface area contributed by atoms with Gasteiger partial charge in [-0.2, -0.15) is 0 Å². The predicted molar refractivity (Wildman–Crippen MR) is 360 cm³/mol. The first-order valence-electron chi connectivity index (χ1n) is 29.4. The van der Waals surface area contributed by atoms with Gasteiger partial charge in [-0.1, -0.05) is 97.1 Å². The van der Waals surface area contributed by atoms with Gasteiger partial charge in [0.05, 0.1) is 70.3 Å². The summed E-state index contributed by atoms with van der Waals surface area (Å²) >= 11 is 0. The van der Waals surface area contributed by atoms with Crippen molar-refractivity contribution in [3.63, 3.8) is 0 Å². The fraction of sp³-hybridized carbons (Fsp3) is 0.0526. The summed E-state index contributed by atoms with van der Waals surface area (Å²) in [4.78, 5) is 48.8. The summed E-state index contributed by atoms with van der Waals surface area (Å²) in [7, 11) is 0. The Morgan fingerprint density at radius 3 is 0.670 bits per heavy atom. The lowest BCUT2D eigenvalue weighted by molar-refractivity contribution is 1.19. The van der Waals surface area contributed by atoms with Crippen molar-refractivity contribution in [3.8, 4) is 0 Å². The molecule has 0 unspecified atom stereocenters. The summed E-state index contributed by atoms with van der Waals surface area (Å²) < 4.78 is 0. The van der Waals surface area contributed by atoms with E-state index in [1.807, 2.05) is 49.1 Å². The van der Waals surface area contributed by atoms with E-state index in [1.165, 1.54) is 0 Å². The summed E-state index contributed by atoms with van der Waals surface area (Å²) in [5, 5.41) is 10.1. The van der Waals surface area contributed by atoms with E-state index in [0.29, 0.717) is 22.6 Å². The molecule has 0 saturated carbocycles. The average molecular weight is 1140 g/mol. The van der Waals surface area contributed by atoms with E-state index < -0.39 is 0 Å². The smallest absolute Gasteiger partial charge is 0.159 e. The van der Waals surface area contributed by atoms with Gasteiger partial charge in [0.2, 0.25) is 0 Å². The van der Waals surface area contributed by atoms with Gasteiger partial charge in [-0.3, -0.25) is 0 Å². The molecule has 0 aliphatic rings. The van der Waals surface area contributed by atoms with Crippen LogP contribution in [0.1, 0.15) is 22.3 Å². The van der Waals surface area contributed by atoms with Gasteiger partial charge < -0.3 is 19.6 Å². The van der Waals surface area contributed by atoms with Gasteiger partial charge in [0.25, 0.3) is 0 Å². The Balaban J connectivity index is 1.11. The Bertz CT molecular complexity index is 4700. The van der Waals surface area contributed by atoms with E-state index in [1.54, 1.807) is 24.8 Å². The molecule has 8 heterocycles. The molecule has 418 valence electrons. The number of nitrogens with zero attached hydrogens (tertiary/aromatic N) is 12. The molecule has 8 aromatic carbocycles. The number of para-hydroxylation sites is 4. The molecule has 16 rings (SSSR count). The van der Waals surface area contributed by atoms with Gasteiger partial charge in [-0.05, 0) is 159 Å². The third-order valence-corrected chi connectivity index (χ3v) is 17.3. The quantitative estimate of drug-likeness (QED) is 0.108. The number of pyridine rings is 8. The number of hydrogen-bond acceptors (Lipinski definition) is 12. The number of aromatic nitrogens is 8. The minimum atomic E-state index is 0.684. The monoisotopic (exact) mass is 1130 g/mol. The van der Waals surface area contributed by atoms with Gasteiger partial charge in [-0.15, -0.1) is 0 Å². The van der Waals surface area contributed by atoms with Crippen LogP contribution in [0.3, 0.4) is 0 Å². The highest BCUT2D eigenvalue weighted by Crippen LogP contribution is 2.56. The lowest BCUT2D eigenvalue weighted by atomic mass is 9.88. The number of hydrogen-bond donors (Lipinski definition) is 0. The summed E-state index contributed by atoms with van der Waals surface area (Å²) in [6, 6.07) is 73.0. The van der Waals surface area contributed by atoms with E-state index in [2.05, 4.69) is 229 Å². The lowest BCUT2D eigenvalue weighted by Gasteiger charge is -2.35. The van der Waals surface area contributed by atoms with E-state index >= 15 is 0 Å². The van der Waals surface area contributed by atoms with Crippen molar-refractivity contribution in [2.24, 2.45) is 0 Å². The maximum Gasteiger partial charge on any atom is 0.159 e. The molecule has 0 spiro atoms. The molecule has 8 aromatic heterocycles. The second-order valence-corrected chi connectivity index (χ2v) is 22.2. The molecule has 0 fully saturated rings. The lowest BCUT2D eigenvalue weighted by Crippen LogP contribution is -2.17. The molecule has 0 N–H and O–H groups in total. The first-order valence-corrected chi connectivity index (χ1v) is 29.4. The van der Waals surface area contributed by atoms with Crippen molar-refractivity contribution in [1.29, 1.82) is 0 Å². The molecule has 0 atom stereocenters. The summed E-state index contributed by atoms with van der Waals surface area (Å²) in [6.45, 7) is 8.71. The van der Waals surface area contributed by atoms with Gasteiger partial charge in [0, 0.05) is 101 Å². The number of aryl methyl sites for hydroxylation is 4. The molecular formula is C76H54N12. The van der Waals surface area contributed by atoms with E-state index in [0.717, 1.165) is 144 Å². The van der Waals surface area contributed by atoms with Crippen LogP contribution in [0.25, 0.3) is 76.5 Å². The second kappa shape index (κ2) is 21.1. The zero-order chi connectivity index (χ0) is 59.0. The van der Waals surface area contributed by atoms with Crippen molar-refractivity contribution in [2.45, 2.75) is 27.7 Å². The van der Waals surface area contributed by atoms with Gasteiger partial charge in [-0.25, -0.2) is 39.9 Å². The van der Waals surface area contributed by atoms with Gasteiger partial charge in [0.15, 0.2) is 22.6 Å². The number of anilines is 12. The molecule has 0 bridgehead atoms. The van der Waals surface area contributed by atoms with Gasteiger partial charge >= 0.3 is 0 Å². The highest BCUT2D eigenvalue weighted by atomic mass is 15.2. The van der Waals surface area contributed by atoms with Gasteiger partial charge in [0.1, 0.15) is 0 Å². The van der Waals surface area contributed by atoms with Crippen LogP contribution >= 0.6 is 0 Å². The fourth-order valence-electron chi connectivity index (χ4n) is 13.1. The molecule has 88 heavy (non-hydrogen) atoms. The summed E-state index contributed by atoms with van der Waals surface area (Å²) in [6.07, 6.45) is 15.1. The SMILES string of the molecule is Cc1c(N(c2ccccc2)c2cc(N(c3ccccc3)c3cnc4ncccc4c3C)c3ccc4c(N(c5ccccc5)c5cnc6ncccc6c5C)cc(N(c5ccccc5)c5cnc6ncccc6c5C)c5ccc2c3c54)cnc2ncccc12. The Morgan fingerprint density at radius 1 is 0.216 bits per heavy atom. The maximum absolute atomic E-state index is 5.09. The fourth-order valence-corrected chi connectivity index (χ4v) is 13.1. The Kier molecular flexibility index (Phi) is 12.4. The summed E-state index contributed by atoms with van der Waals surface area (Å²) in [5.41, 5.74) is 18.2. The standard InChI is InChI=1S/C76H54N12/c1-47-55-29-17-37-77-73(55)81-43-67(47)85(51-21-9-5-10-22-51)63-41-64(86(52-23-11-6-12-24-52)68-44-82-74-56(48(68)2)30-18-38-78-74)60-35-36-62-66(88(54-27-15-8-16-28-54)70-46-84-76-58(50(70)4)32-20-40-80-76)42-65(61-34-33-59(63)71(60)72(61)62)87(53-25-13-7-14-26-53)69-45-83-75-57(49(69)3)31-19-39-79-75/h5-46H,1-4H3. The molecular weight excluding hydrogens is 1080 g/mol. The van der Waals surface area contributed by atoms with Crippen LogP contribution in [-0.2, 0) is 0 Å². The van der Waals surface area contributed by atoms with Crippen LogP contribution in [0.15, 0.2) is 256 Å². The van der Waals surface area contributed by atoms with Crippen LogP contribution in [0.4, 0.5) is 68.2 Å². The topological polar surface area (TPSA) is 116 Å². The molecule has 0 saturated heterocycles. The van der Waals surface area contributed by atoms with Crippen molar-refractivity contribution in [3.05, 3.63) is 278 Å². The molecule has 0 aliphatic heterocycles. The molecule has 0 aliphatic carbocycles. The molecule has 12 nitrogen and oxygen atoms in total. The third-order valence-electron chi connectivity index (χ3n) is 17.3. The number of fused-ring (bicyclic) bond motifs is 4. The van der Waals surface area contributed by atoms with Crippen LogP contribution < -0.4 is 19.6 Å². The number of rotatable bonds is 12. The maximum atomic E-state index is 5.09. The Hall–Kier alpha value is -11.8. The van der Waals surface area contributed by atoms with Crippen LogP contribution in [0.2, 0.25) is 0 Å². The minimum absolute atomic E-state index is 0.684. The zero-order valence-electron chi connectivity index (χ0n) is 48.6. The summed E-state index contributed by atoms with van der Waals surface area (Å²) in [5.74, 6) is 0. The highest BCUT2D eigenvalue weighted by Gasteiger charge is 2.31. The Labute approximate surface area is 507 Å². The third kappa shape index (κ3) is 8.36. The average Bonchev–Trinajstić information content (AvgIpc) is 0.745.